The molecular formula is C12H10ClN3O2. The Kier molecular flexibility index (Phi) is 3.34. The normalized spacial score (nSPS) is 10.1. The van der Waals surface area contributed by atoms with Crippen LogP contribution >= 0.6 is 11.6 Å². The highest BCUT2D eigenvalue weighted by Gasteiger charge is 2.10. The topological polar surface area (TPSA) is 91.2 Å². The van der Waals surface area contributed by atoms with Crippen molar-refractivity contribution in [1.29, 1.82) is 0 Å². The molecule has 0 atom stereocenters. The number of aromatic nitrogens is 1. The second-order valence-electron chi connectivity index (χ2n) is 3.52. The van der Waals surface area contributed by atoms with E-state index in [2.05, 4.69) is 4.98 Å². The predicted octanol–water partition coefficient (Wildman–Crippen LogP) is 2.21. The van der Waals surface area contributed by atoms with E-state index in [0.717, 1.165) is 0 Å². The predicted molar refractivity (Wildman–Crippen MR) is 68.7 cm³/mol. The van der Waals surface area contributed by atoms with Crippen molar-refractivity contribution >= 4 is 23.2 Å². The lowest BCUT2D eigenvalue weighted by molar-refractivity contribution is 0.0998. The van der Waals surface area contributed by atoms with E-state index in [1.807, 2.05) is 0 Å². The lowest BCUT2D eigenvalue weighted by Crippen LogP contribution is -2.12. The minimum absolute atomic E-state index is 0.203. The van der Waals surface area contributed by atoms with Gasteiger partial charge in [-0.15, -0.1) is 0 Å². The van der Waals surface area contributed by atoms with Crippen LogP contribution < -0.4 is 16.2 Å². The Morgan fingerprint density at radius 1 is 1.28 bits per heavy atom. The molecule has 1 aromatic heterocycles. The van der Waals surface area contributed by atoms with E-state index in [0.29, 0.717) is 11.4 Å². The van der Waals surface area contributed by atoms with Crippen LogP contribution in [0.5, 0.6) is 11.6 Å². The molecule has 92 valence electrons. The number of nitrogen functional groups attached to an aromatic ring is 1. The minimum atomic E-state index is -0.583. The van der Waals surface area contributed by atoms with Crippen LogP contribution in [0, 0.1) is 0 Å². The van der Waals surface area contributed by atoms with Crippen molar-refractivity contribution in [3.8, 4) is 11.6 Å². The van der Waals surface area contributed by atoms with Gasteiger partial charge in [-0.05, 0) is 18.2 Å². The third-order valence-corrected chi connectivity index (χ3v) is 2.35. The summed E-state index contributed by atoms with van der Waals surface area (Å²) < 4.78 is 5.46. The van der Waals surface area contributed by atoms with E-state index in [1.165, 1.54) is 12.1 Å². The van der Waals surface area contributed by atoms with Crippen molar-refractivity contribution in [2.24, 2.45) is 5.73 Å². The number of nitrogens with zero attached hydrogens (tertiary/aromatic N) is 1. The van der Waals surface area contributed by atoms with Crippen LogP contribution in [-0.2, 0) is 0 Å². The number of para-hydroxylation sites is 1. The molecule has 0 radical (unpaired) electrons. The summed E-state index contributed by atoms with van der Waals surface area (Å²) in [6.07, 6.45) is 0. The minimum Gasteiger partial charge on any atom is -0.438 e. The van der Waals surface area contributed by atoms with Crippen LogP contribution in [-0.4, -0.2) is 10.9 Å². The first-order valence-corrected chi connectivity index (χ1v) is 5.44. The van der Waals surface area contributed by atoms with Gasteiger partial charge in [-0.1, -0.05) is 23.7 Å². The zero-order valence-corrected chi connectivity index (χ0v) is 10.0. The van der Waals surface area contributed by atoms with Crippen LogP contribution in [0.15, 0.2) is 36.4 Å². The van der Waals surface area contributed by atoms with Gasteiger partial charge in [-0.3, -0.25) is 4.79 Å². The number of carbonyl (C=O) groups is 1. The van der Waals surface area contributed by atoms with Crippen LogP contribution in [0.2, 0.25) is 5.15 Å². The van der Waals surface area contributed by atoms with E-state index >= 15 is 0 Å². The standard InChI is InChI=1S/C12H10ClN3O2/c13-10-5-7(14)6-11(16-10)18-9-4-2-1-3-8(9)12(15)17/h1-6H,(H2,14,16)(H2,15,17). The molecule has 5 nitrogen and oxygen atoms in total. The van der Waals surface area contributed by atoms with Crippen molar-refractivity contribution in [2.45, 2.75) is 0 Å². The van der Waals surface area contributed by atoms with Gasteiger partial charge in [0.2, 0.25) is 5.88 Å². The second-order valence-corrected chi connectivity index (χ2v) is 3.91. The average molecular weight is 264 g/mol. The number of ether oxygens (including phenoxy) is 1. The third kappa shape index (κ3) is 2.70. The first-order chi connectivity index (χ1) is 8.56. The summed E-state index contributed by atoms with van der Waals surface area (Å²) in [6, 6.07) is 9.57. The third-order valence-electron chi connectivity index (χ3n) is 2.16. The van der Waals surface area contributed by atoms with Crippen LogP contribution in [0.3, 0.4) is 0 Å². The smallest absolute Gasteiger partial charge is 0.252 e. The molecule has 1 heterocycles. The van der Waals surface area contributed by atoms with E-state index in [1.54, 1.807) is 24.3 Å². The average Bonchev–Trinajstić information content (AvgIpc) is 2.27. The maximum atomic E-state index is 11.2. The van der Waals surface area contributed by atoms with Crippen LogP contribution in [0.1, 0.15) is 10.4 Å². The number of hydrogen-bond acceptors (Lipinski definition) is 4. The van der Waals surface area contributed by atoms with Crippen molar-refractivity contribution < 1.29 is 9.53 Å². The first-order valence-electron chi connectivity index (χ1n) is 5.06. The molecule has 0 saturated heterocycles. The lowest BCUT2D eigenvalue weighted by atomic mass is 10.2. The fourth-order valence-electron chi connectivity index (χ4n) is 1.42. The van der Waals surface area contributed by atoms with Gasteiger partial charge in [0.1, 0.15) is 10.9 Å². The zero-order valence-electron chi connectivity index (χ0n) is 9.26. The van der Waals surface area contributed by atoms with E-state index in [-0.39, 0.29) is 16.6 Å². The molecule has 1 aromatic carbocycles. The first kappa shape index (κ1) is 12.2. The molecule has 0 aliphatic carbocycles. The van der Waals surface area contributed by atoms with Crippen LogP contribution in [0.25, 0.3) is 0 Å². The number of primary amides is 1. The SMILES string of the molecule is NC(=O)c1ccccc1Oc1cc(N)cc(Cl)n1. The maximum absolute atomic E-state index is 11.2. The summed E-state index contributed by atoms with van der Waals surface area (Å²) in [7, 11) is 0. The fraction of sp³-hybridized carbons (Fsp3) is 0. The van der Waals surface area contributed by atoms with Gasteiger partial charge in [0.15, 0.2) is 0 Å². The van der Waals surface area contributed by atoms with Crippen molar-refractivity contribution in [3.63, 3.8) is 0 Å². The molecule has 6 heteroatoms. The molecule has 18 heavy (non-hydrogen) atoms. The highest BCUT2D eigenvalue weighted by molar-refractivity contribution is 6.29. The molecule has 0 aliphatic heterocycles. The number of benzene rings is 1. The summed E-state index contributed by atoms with van der Waals surface area (Å²) in [5.41, 5.74) is 11.5. The van der Waals surface area contributed by atoms with E-state index < -0.39 is 5.91 Å². The summed E-state index contributed by atoms with van der Waals surface area (Å²) >= 11 is 5.76. The highest BCUT2D eigenvalue weighted by atomic mass is 35.5. The highest BCUT2D eigenvalue weighted by Crippen LogP contribution is 2.26. The molecule has 2 aromatic rings. The largest absolute Gasteiger partial charge is 0.438 e. The summed E-state index contributed by atoms with van der Waals surface area (Å²) in [5, 5.41) is 0.210. The number of rotatable bonds is 3. The van der Waals surface area contributed by atoms with Gasteiger partial charge in [0.25, 0.3) is 5.91 Å². The molecule has 0 unspecified atom stereocenters. The Bertz CT molecular complexity index is 581. The van der Waals surface area contributed by atoms with E-state index in [4.69, 9.17) is 27.8 Å². The monoisotopic (exact) mass is 263 g/mol. The molecule has 0 aliphatic rings. The molecule has 0 spiro atoms. The molecule has 2 rings (SSSR count). The quantitative estimate of drug-likeness (QED) is 0.831. The van der Waals surface area contributed by atoms with Gasteiger partial charge in [-0.25, -0.2) is 4.98 Å². The molecule has 0 saturated carbocycles. The van der Waals surface area contributed by atoms with Gasteiger partial charge in [0, 0.05) is 11.8 Å². The molecule has 0 fully saturated rings. The maximum Gasteiger partial charge on any atom is 0.252 e. The molecule has 0 bridgehead atoms. The number of carbonyl (C=O) groups excluding carboxylic acids is 1. The number of nitrogens with two attached hydrogens (primary N) is 2. The van der Waals surface area contributed by atoms with Gasteiger partial charge < -0.3 is 16.2 Å². The lowest BCUT2D eigenvalue weighted by Gasteiger charge is -2.08. The van der Waals surface area contributed by atoms with Crippen molar-refractivity contribution in [1.82, 2.24) is 4.98 Å². The van der Waals surface area contributed by atoms with Crippen molar-refractivity contribution in [2.75, 3.05) is 5.73 Å². The Balaban J connectivity index is 2.37. The number of pyridine rings is 1. The zero-order chi connectivity index (χ0) is 13.1. The van der Waals surface area contributed by atoms with E-state index in [9.17, 15) is 4.79 Å². The number of hydrogen-bond donors (Lipinski definition) is 2. The number of halogens is 1. The summed E-state index contributed by atoms with van der Waals surface area (Å²) in [6.45, 7) is 0. The number of anilines is 1. The summed E-state index contributed by atoms with van der Waals surface area (Å²) in [4.78, 5) is 15.2. The fourth-order valence-corrected chi connectivity index (χ4v) is 1.63. The second kappa shape index (κ2) is 4.93. The number of amides is 1. The Labute approximate surface area is 108 Å². The summed E-state index contributed by atoms with van der Waals surface area (Å²) in [5.74, 6) is -0.0755. The molecule has 4 N–H and O–H groups in total. The molecule has 1 amide bonds. The Morgan fingerprint density at radius 2 is 2.00 bits per heavy atom. The Morgan fingerprint density at radius 3 is 2.67 bits per heavy atom. The molecular weight excluding hydrogens is 254 g/mol. The van der Waals surface area contributed by atoms with Crippen molar-refractivity contribution in [3.05, 3.63) is 47.1 Å². The van der Waals surface area contributed by atoms with Crippen LogP contribution in [0.4, 0.5) is 5.69 Å². The van der Waals surface area contributed by atoms with Gasteiger partial charge in [-0.2, -0.15) is 0 Å². The Hall–Kier alpha value is -2.27. The van der Waals surface area contributed by atoms with Gasteiger partial charge >= 0.3 is 0 Å². The van der Waals surface area contributed by atoms with Gasteiger partial charge in [0.05, 0.1) is 5.56 Å².